The molecule has 2 rings (SSSR count). The smallest absolute Gasteiger partial charge is 0.175 e. The molecule has 0 spiro atoms. The van der Waals surface area contributed by atoms with Gasteiger partial charge in [0.2, 0.25) is 0 Å². The molecule has 19 heavy (non-hydrogen) atoms. The van der Waals surface area contributed by atoms with Crippen molar-refractivity contribution in [3.05, 3.63) is 34.9 Å². The van der Waals surface area contributed by atoms with E-state index in [1.54, 1.807) is 11.8 Å². The SMILES string of the molecule is CSc1nnc(SCC(=O)c2ccc(C)cc2C)s1. The van der Waals surface area contributed by atoms with Crippen LogP contribution in [0.2, 0.25) is 0 Å². The summed E-state index contributed by atoms with van der Waals surface area (Å²) in [5.74, 6) is 0.552. The predicted molar refractivity (Wildman–Crippen MR) is 82.7 cm³/mol. The quantitative estimate of drug-likeness (QED) is 0.620. The number of carbonyl (C=O) groups excluding carboxylic acids is 1. The van der Waals surface area contributed by atoms with Crippen molar-refractivity contribution in [2.75, 3.05) is 12.0 Å². The van der Waals surface area contributed by atoms with Crippen molar-refractivity contribution in [2.24, 2.45) is 0 Å². The van der Waals surface area contributed by atoms with E-state index in [1.165, 1.54) is 28.7 Å². The van der Waals surface area contributed by atoms with E-state index >= 15 is 0 Å². The average molecular weight is 310 g/mol. The Hall–Kier alpha value is -0.850. The van der Waals surface area contributed by atoms with E-state index < -0.39 is 0 Å². The first-order chi connectivity index (χ1) is 9.10. The van der Waals surface area contributed by atoms with Gasteiger partial charge in [-0.05, 0) is 25.7 Å². The lowest BCUT2D eigenvalue weighted by atomic mass is 10.0. The van der Waals surface area contributed by atoms with Crippen molar-refractivity contribution in [3.8, 4) is 0 Å². The highest BCUT2D eigenvalue weighted by Crippen LogP contribution is 2.28. The van der Waals surface area contributed by atoms with Crippen LogP contribution < -0.4 is 0 Å². The lowest BCUT2D eigenvalue weighted by molar-refractivity contribution is 0.102. The van der Waals surface area contributed by atoms with Crippen LogP contribution in [0.1, 0.15) is 21.5 Å². The summed E-state index contributed by atoms with van der Waals surface area (Å²) in [4.78, 5) is 12.2. The van der Waals surface area contributed by atoms with E-state index in [9.17, 15) is 4.79 Å². The monoisotopic (exact) mass is 310 g/mol. The zero-order valence-corrected chi connectivity index (χ0v) is 13.4. The summed E-state index contributed by atoms with van der Waals surface area (Å²) in [5, 5.41) is 8.06. The van der Waals surface area contributed by atoms with E-state index in [2.05, 4.69) is 10.2 Å². The van der Waals surface area contributed by atoms with Gasteiger partial charge in [-0.15, -0.1) is 10.2 Å². The molecule has 0 unspecified atom stereocenters. The summed E-state index contributed by atoms with van der Waals surface area (Å²) in [7, 11) is 0. The van der Waals surface area contributed by atoms with Crippen LogP contribution in [0.3, 0.4) is 0 Å². The summed E-state index contributed by atoms with van der Waals surface area (Å²) < 4.78 is 1.78. The highest BCUT2D eigenvalue weighted by Gasteiger charge is 2.11. The Morgan fingerprint density at radius 3 is 2.63 bits per heavy atom. The Morgan fingerprint density at radius 1 is 1.26 bits per heavy atom. The third kappa shape index (κ3) is 3.81. The fourth-order valence-electron chi connectivity index (χ4n) is 1.67. The average Bonchev–Trinajstić information content (AvgIpc) is 2.84. The zero-order valence-electron chi connectivity index (χ0n) is 11.0. The van der Waals surface area contributed by atoms with Gasteiger partial charge in [-0.1, -0.05) is 58.6 Å². The number of aryl methyl sites for hydroxylation is 2. The minimum Gasteiger partial charge on any atom is -0.293 e. The molecule has 0 saturated carbocycles. The Balaban J connectivity index is 2.01. The molecule has 3 nitrogen and oxygen atoms in total. The number of rotatable bonds is 5. The van der Waals surface area contributed by atoms with Crippen LogP contribution in [0.15, 0.2) is 26.9 Å². The largest absolute Gasteiger partial charge is 0.293 e. The Labute approximate surface area is 125 Å². The molecule has 0 atom stereocenters. The number of hydrogen-bond donors (Lipinski definition) is 0. The second-order valence-corrected chi connectivity index (χ2v) is 7.32. The van der Waals surface area contributed by atoms with Gasteiger partial charge in [0, 0.05) is 5.56 Å². The van der Waals surface area contributed by atoms with Crippen LogP contribution in [0.4, 0.5) is 0 Å². The molecular formula is C13H14N2OS3. The first-order valence-corrected chi connectivity index (χ1v) is 8.73. The highest BCUT2D eigenvalue weighted by molar-refractivity contribution is 8.03. The molecule has 1 aromatic heterocycles. The molecule has 0 aliphatic heterocycles. The summed E-state index contributed by atoms with van der Waals surface area (Å²) in [6.07, 6.45) is 1.97. The normalized spacial score (nSPS) is 10.7. The zero-order chi connectivity index (χ0) is 13.8. The molecule has 0 aliphatic carbocycles. The first kappa shape index (κ1) is 14.6. The molecule has 2 aromatic rings. The van der Waals surface area contributed by atoms with Crippen LogP contribution in [-0.2, 0) is 0 Å². The Kier molecular flexibility index (Phi) is 5.01. The Morgan fingerprint density at radius 2 is 2.00 bits per heavy atom. The highest BCUT2D eigenvalue weighted by atomic mass is 32.2. The fourth-order valence-corrected chi connectivity index (χ4v) is 3.99. The summed E-state index contributed by atoms with van der Waals surface area (Å²) in [6, 6.07) is 5.91. The molecule has 0 amide bonds. The molecule has 0 bridgehead atoms. The standard InChI is InChI=1S/C13H14N2OS3/c1-8-4-5-10(9(2)6-8)11(16)7-18-13-15-14-12(17-3)19-13/h4-6H,7H2,1-3H3. The molecule has 0 radical (unpaired) electrons. The van der Waals surface area contributed by atoms with Gasteiger partial charge in [0.05, 0.1) is 5.75 Å². The van der Waals surface area contributed by atoms with Crippen LogP contribution >= 0.6 is 34.9 Å². The van der Waals surface area contributed by atoms with Crippen molar-refractivity contribution in [1.29, 1.82) is 0 Å². The lowest BCUT2D eigenvalue weighted by Gasteiger charge is -2.04. The number of carbonyl (C=O) groups is 1. The van der Waals surface area contributed by atoms with Crippen LogP contribution in [0.25, 0.3) is 0 Å². The molecule has 0 saturated heterocycles. The molecular weight excluding hydrogens is 296 g/mol. The van der Waals surface area contributed by atoms with Crippen molar-refractivity contribution in [3.63, 3.8) is 0 Å². The number of hydrogen-bond acceptors (Lipinski definition) is 6. The van der Waals surface area contributed by atoms with Crippen molar-refractivity contribution in [2.45, 2.75) is 22.5 Å². The minimum atomic E-state index is 0.142. The second-order valence-electron chi connectivity index (χ2n) is 4.07. The van der Waals surface area contributed by atoms with Crippen molar-refractivity contribution < 1.29 is 4.79 Å². The summed E-state index contributed by atoms with van der Waals surface area (Å²) in [5.41, 5.74) is 3.01. The van der Waals surface area contributed by atoms with E-state index in [1.807, 2.05) is 38.3 Å². The van der Waals surface area contributed by atoms with Gasteiger partial charge >= 0.3 is 0 Å². The second kappa shape index (κ2) is 6.54. The maximum Gasteiger partial charge on any atom is 0.175 e. The third-order valence-corrected chi connectivity index (χ3v) is 5.60. The number of thioether (sulfide) groups is 2. The van der Waals surface area contributed by atoms with Crippen LogP contribution in [-0.4, -0.2) is 28.0 Å². The van der Waals surface area contributed by atoms with E-state index in [0.29, 0.717) is 5.75 Å². The topological polar surface area (TPSA) is 42.9 Å². The van der Waals surface area contributed by atoms with Gasteiger partial charge in [-0.2, -0.15) is 0 Å². The number of nitrogens with zero attached hydrogens (tertiary/aromatic N) is 2. The number of benzene rings is 1. The van der Waals surface area contributed by atoms with E-state index in [-0.39, 0.29) is 5.78 Å². The molecule has 1 heterocycles. The van der Waals surface area contributed by atoms with Crippen LogP contribution in [0, 0.1) is 13.8 Å². The maximum absolute atomic E-state index is 12.2. The number of Topliss-reactive ketones (excluding diaryl/α,β-unsaturated/α-hetero) is 1. The first-order valence-electron chi connectivity index (χ1n) is 5.71. The molecule has 0 fully saturated rings. The Bertz CT molecular complexity index is 595. The molecule has 0 N–H and O–H groups in total. The minimum absolute atomic E-state index is 0.142. The summed E-state index contributed by atoms with van der Waals surface area (Å²) >= 11 is 4.55. The fraction of sp³-hybridized carbons (Fsp3) is 0.308. The van der Waals surface area contributed by atoms with Gasteiger partial charge in [-0.3, -0.25) is 4.79 Å². The van der Waals surface area contributed by atoms with E-state index in [0.717, 1.165) is 19.8 Å². The number of aromatic nitrogens is 2. The van der Waals surface area contributed by atoms with Crippen LogP contribution in [0.5, 0.6) is 0 Å². The molecule has 6 heteroatoms. The van der Waals surface area contributed by atoms with Crippen molar-refractivity contribution >= 4 is 40.6 Å². The van der Waals surface area contributed by atoms with Gasteiger partial charge in [0.1, 0.15) is 0 Å². The van der Waals surface area contributed by atoms with Gasteiger partial charge in [0.15, 0.2) is 14.5 Å². The molecule has 1 aromatic carbocycles. The number of ketones is 1. The van der Waals surface area contributed by atoms with Gasteiger partial charge < -0.3 is 0 Å². The van der Waals surface area contributed by atoms with Gasteiger partial charge in [0.25, 0.3) is 0 Å². The molecule has 100 valence electrons. The molecule has 0 aliphatic rings. The lowest BCUT2D eigenvalue weighted by Crippen LogP contribution is -2.04. The van der Waals surface area contributed by atoms with Crippen molar-refractivity contribution in [1.82, 2.24) is 10.2 Å². The maximum atomic E-state index is 12.2. The predicted octanol–water partition coefficient (Wildman–Crippen LogP) is 3.85. The van der Waals surface area contributed by atoms with Gasteiger partial charge in [-0.25, -0.2) is 0 Å². The third-order valence-electron chi connectivity index (χ3n) is 2.57. The van der Waals surface area contributed by atoms with E-state index in [4.69, 9.17) is 0 Å². The summed E-state index contributed by atoms with van der Waals surface area (Å²) in [6.45, 7) is 4.00.